The molecule has 0 aromatic carbocycles. The molecule has 1 unspecified atom stereocenters. The van der Waals surface area contributed by atoms with E-state index in [2.05, 4.69) is 5.32 Å². The summed E-state index contributed by atoms with van der Waals surface area (Å²) in [6.07, 6.45) is 3.68. The summed E-state index contributed by atoms with van der Waals surface area (Å²) in [6.45, 7) is 5.27. The molecule has 0 bridgehead atoms. The molecule has 5 heteroatoms. The van der Waals surface area contributed by atoms with Crippen LogP contribution in [0.15, 0.2) is 22.6 Å². The van der Waals surface area contributed by atoms with Crippen molar-refractivity contribution >= 4 is 11.9 Å². The van der Waals surface area contributed by atoms with E-state index in [1.54, 1.807) is 39.0 Å². The van der Waals surface area contributed by atoms with Crippen LogP contribution in [0.2, 0.25) is 0 Å². The van der Waals surface area contributed by atoms with Gasteiger partial charge in [-0.3, -0.25) is 4.79 Å². The van der Waals surface area contributed by atoms with E-state index in [0.29, 0.717) is 11.3 Å². The van der Waals surface area contributed by atoms with Crippen LogP contribution >= 0.6 is 0 Å². The van der Waals surface area contributed by atoms with Gasteiger partial charge in [-0.05, 0) is 33.3 Å². The summed E-state index contributed by atoms with van der Waals surface area (Å²) in [7, 11) is 0. The number of carbonyl (C=O) groups is 2. The summed E-state index contributed by atoms with van der Waals surface area (Å²) >= 11 is 0. The number of hydrogen-bond acceptors (Lipinski definition) is 3. The first kappa shape index (κ1) is 14.0. The van der Waals surface area contributed by atoms with E-state index in [4.69, 9.17) is 9.52 Å². The van der Waals surface area contributed by atoms with Gasteiger partial charge >= 0.3 is 5.97 Å². The molecule has 0 aliphatic rings. The van der Waals surface area contributed by atoms with E-state index in [-0.39, 0.29) is 12.2 Å². The van der Waals surface area contributed by atoms with Gasteiger partial charge in [0, 0.05) is 5.56 Å². The fourth-order valence-corrected chi connectivity index (χ4v) is 1.58. The Labute approximate surface area is 105 Å². The summed E-state index contributed by atoms with van der Waals surface area (Å²) < 4.78 is 5.24. The van der Waals surface area contributed by atoms with E-state index in [9.17, 15) is 9.59 Å². The van der Waals surface area contributed by atoms with Crippen molar-refractivity contribution in [2.24, 2.45) is 0 Å². The lowest BCUT2D eigenvalue weighted by atomic mass is 10.2. The number of aryl methyl sites for hydroxylation is 2. The number of carboxylic acids is 1. The number of amides is 1. The molecule has 1 amide bonds. The number of rotatable bonds is 5. The zero-order valence-electron chi connectivity index (χ0n) is 10.7. The Kier molecular flexibility index (Phi) is 4.71. The Bertz CT molecular complexity index is 473. The second kappa shape index (κ2) is 6.05. The molecule has 5 nitrogen and oxygen atoms in total. The zero-order valence-corrected chi connectivity index (χ0v) is 10.7. The number of carboxylic acid groups (broad SMARTS) is 1. The van der Waals surface area contributed by atoms with Crippen molar-refractivity contribution < 1.29 is 19.1 Å². The molecule has 0 aliphatic heterocycles. The van der Waals surface area contributed by atoms with Gasteiger partial charge in [0.25, 0.3) is 5.91 Å². The van der Waals surface area contributed by atoms with Gasteiger partial charge in [0.15, 0.2) is 5.76 Å². The van der Waals surface area contributed by atoms with E-state index in [1.165, 1.54) is 0 Å². The Morgan fingerprint density at radius 1 is 1.50 bits per heavy atom. The average Bonchev–Trinajstić information content (AvgIpc) is 2.63. The Hall–Kier alpha value is -2.04. The molecule has 0 fully saturated rings. The Morgan fingerprint density at radius 2 is 2.17 bits per heavy atom. The smallest absolute Gasteiger partial charge is 0.326 e. The fraction of sp³-hybridized carbons (Fsp3) is 0.385. The van der Waals surface area contributed by atoms with Crippen LogP contribution in [-0.4, -0.2) is 23.0 Å². The molecule has 0 saturated heterocycles. The van der Waals surface area contributed by atoms with E-state index < -0.39 is 17.9 Å². The predicted molar refractivity (Wildman–Crippen MR) is 66.5 cm³/mol. The molecule has 0 saturated carbocycles. The Balaban J connectivity index is 2.78. The van der Waals surface area contributed by atoms with Crippen LogP contribution in [-0.2, 0) is 4.79 Å². The lowest BCUT2D eigenvalue weighted by Crippen LogP contribution is -2.40. The highest BCUT2D eigenvalue weighted by Crippen LogP contribution is 2.13. The Morgan fingerprint density at radius 3 is 2.61 bits per heavy atom. The molecule has 1 atom stereocenters. The highest BCUT2D eigenvalue weighted by Gasteiger charge is 2.22. The minimum Gasteiger partial charge on any atom is -0.480 e. The quantitative estimate of drug-likeness (QED) is 0.785. The molecule has 0 aliphatic carbocycles. The van der Waals surface area contributed by atoms with Gasteiger partial charge < -0.3 is 14.8 Å². The van der Waals surface area contributed by atoms with Crippen molar-refractivity contribution in [3.8, 4) is 0 Å². The third kappa shape index (κ3) is 3.48. The normalized spacial score (nSPS) is 12.6. The number of carbonyl (C=O) groups excluding carboxylic acids is 1. The summed E-state index contributed by atoms with van der Waals surface area (Å²) in [5, 5.41) is 11.4. The van der Waals surface area contributed by atoms with Gasteiger partial charge in [0.05, 0.1) is 0 Å². The average molecular weight is 251 g/mol. The highest BCUT2D eigenvalue weighted by atomic mass is 16.4. The molecule has 1 rings (SSSR count). The predicted octanol–water partition coefficient (Wildman–Crippen LogP) is 2.05. The number of hydrogen-bond donors (Lipinski definition) is 2. The highest BCUT2D eigenvalue weighted by molar-refractivity contribution is 5.95. The summed E-state index contributed by atoms with van der Waals surface area (Å²) in [5.41, 5.74) is 0.695. The first-order chi connectivity index (χ1) is 8.45. The lowest BCUT2D eigenvalue weighted by molar-refractivity contribution is -0.139. The van der Waals surface area contributed by atoms with E-state index >= 15 is 0 Å². The summed E-state index contributed by atoms with van der Waals surface area (Å²) in [6, 6.07) is 0.787. The van der Waals surface area contributed by atoms with Crippen molar-refractivity contribution in [1.82, 2.24) is 5.32 Å². The SMILES string of the molecule is C/C=C/CC(NC(=O)c1oc(C)cc1C)C(=O)O. The van der Waals surface area contributed by atoms with Crippen LogP contribution < -0.4 is 5.32 Å². The maximum atomic E-state index is 11.9. The van der Waals surface area contributed by atoms with Crippen molar-refractivity contribution in [3.63, 3.8) is 0 Å². The van der Waals surface area contributed by atoms with Gasteiger partial charge in [0.2, 0.25) is 0 Å². The molecule has 1 aromatic rings. The standard InChI is InChI=1S/C13H17NO4/c1-4-5-6-10(13(16)17)14-12(15)11-8(2)7-9(3)18-11/h4-5,7,10H,6H2,1-3H3,(H,14,15)(H,16,17)/b5-4+. The van der Waals surface area contributed by atoms with Crippen LogP contribution in [0.3, 0.4) is 0 Å². The van der Waals surface area contributed by atoms with Crippen LogP contribution in [0, 0.1) is 13.8 Å². The van der Waals surface area contributed by atoms with Gasteiger partial charge in [0.1, 0.15) is 11.8 Å². The monoisotopic (exact) mass is 251 g/mol. The molecule has 2 N–H and O–H groups in total. The third-order valence-corrected chi connectivity index (χ3v) is 2.46. The van der Waals surface area contributed by atoms with Gasteiger partial charge in [-0.2, -0.15) is 0 Å². The summed E-state index contributed by atoms with van der Waals surface area (Å²) in [4.78, 5) is 22.8. The van der Waals surface area contributed by atoms with E-state index in [0.717, 1.165) is 0 Å². The molecular formula is C13H17NO4. The molecule has 0 radical (unpaired) electrons. The largest absolute Gasteiger partial charge is 0.480 e. The first-order valence-corrected chi connectivity index (χ1v) is 5.67. The third-order valence-electron chi connectivity index (χ3n) is 2.46. The van der Waals surface area contributed by atoms with Gasteiger partial charge in [-0.15, -0.1) is 0 Å². The minimum absolute atomic E-state index is 0.166. The second-order valence-corrected chi connectivity index (χ2v) is 4.04. The number of aliphatic carboxylic acids is 1. The van der Waals surface area contributed by atoms with Crippen molar-refractivity contribution in [1.29, 1.82) is 0 Å². The molecule has 1 heterocycles. The molecule has 0 spiro atoms. The topological polar surface area (TPSA) is 79.5 Å². The van der Waals surface area contributed by atoms with Crippen LogP contribution in [0.1, 0.15) is 35.2 Å². The minimum atomic E-state index is -1.07. The fourth-order valence-electron chi connectivity index (χ4n) is 1.58. The maximum Gasteiger partial charge on any atom is 0.326 e. The van der Waals surface area contributed by atoms with Crippen LogP contribution in [0.25, 0.3) is 0 Å². The number of nitrogens with one attached hydrogen (secondary N) is 1. The molecule has 98 valence electrons. The van der Waals surface area contributed by atoms with Crippen molar-refractivity contribution in [2.45, 2.75) is 33.2 Å². The van der Waals surface area contributed by atoms with Crippen molar-refractivity contribution in [3.05, 3.63) is 35.3 Å². The zero-order chi connectivity index (χ0) is 13.7. The second-order valence-electron chi connectivity index (χ2n) is 4.04. The first-order valence-electron chi connectivity index (χ1n) is 5.67. The molecule has 18 heavy (non-hydrogen) atoms. The van der Waals surface area contributed by atoms with E-state index in [1.807, 2.05) is 0 Å². The van der Waals surface area contributed by atoms with Crippen molar-refractivity contribution in [2.75, 3.05) is 0 Å². The molecular weight excluding hydrogens is 234 g/mol. The van der Waals surface area contributed by atoms with Gasteiger partial charge in [-0.25, -0.2) is 4.79 Å². The molecule has 1 aromatic heterocycles. The lowest BCUT2D eigenvalue weighted by Gasteiger charge is -2.11. The van der Waals surface area contributed by atoms with Crippen LogP contribution in [0.5, 0.6) is 0 Å². The summed E-state index contributed by atoms with van der Waals surface area (Å²) in [5.74, 6) is -0.780. The number of furan rings is 1. The van der Waals surface area contributed by atoms with Crippen LogP contribution in [0.4, 0.5) is 0 Å². The number of allylic oxidation sites excluding steroid dienone is 1. The van der Waals surface area contributed by atoms with Gasteiger partial charge in [-0.1, -0.05) is 12.2 Å². The maximum absolute atomic E-state index is 11.9.